The largest absolute Gasteiger partial charge is 0.378 e. The summed E-state index contributed by atoms with van der Waals surface area (Å²) in [5.74, 6) is 0.566. The van der Waals surface area contributed by atoms with Crippen molar-refractivity contribution >= 4 is 29.9 Å². The molecule has 3 fully saturated rings. The topological polar surface area (TPSA) is 36.9 Å². The van der Waals surface area contributed by atoms with Crippen LogP contribution in [0.15, 0.2) is 23.2 Å². The van der Waals surface area contributed by atoms with Crippen LogP contribution in [-0.2, 0) is 4.74 Å². The lowest BCUT2D eigenvalue weighted by atomic mass is 10.1. The van der Waals surface area contributed by atoms with Gasteiger partial charge in [0.25, 0.3) is 0 Å². The number of nitrogens with zero attached hydrogens (tertiary/aromatic N) is 2. The van der Waals surface area contributed by atoms with E-state index in [0.29, 0.717) is 6.10 Å². The molecule has 2 saturated carbocycles. The molecule has 2 atom stereocenters. The zero-order chi connectivity index (χ0) is 19.5. The Labute approximate surface area is 189 Å². The van der Waals surface area contributed by atoms with Crippen molar-refractivity contribution < 1.29 is 13.5 Å². The molecule has 1 aromatic carbocycles. The third-order valence-corrected chi connectivity index (χ3v) is 6.47. The number of guanidine groups is 1. The van der Waals surface area contributed by atoms with Gasteiger partial charge in [0.2, 0.25) is 0 Å². The molecule has 7 heteroatoms. The smallest absolute Gasteiger partial charge is 0.193 e. The van der Waals surface area contributed by atoms with Crippen LogP contribution >= 0.6 is 24.0 Å². The average molecular weight is 519 g/mol. The second-order valence-electron chi connectivity index (χ2n) is 8.45. The van der Waals surface area contributed by atoms with Crippen LogP contribution in [0.5, 0.6) is 0 Å². The molecule has 3 aliphatic rings. The highest BCUT2D eigenvalue weighted by Gasteiger charge is 2.43. The number of hydrogen-bond donors (Lipinski definition) is 1. The monoisotopic (exact) mass is 519 g/mol. The molecule has 0 bridgehead atoms. The second kappa shape index (κ2) is 10.4. The Hall–Kier alpha value is -0.960. The van der Waals surface area contributed by atoms with Crippen molar-refractivity contribution in [1.82, 2.24) is 10.2 Å². The molecule has 162 valence electrons. The van der Waals surface area contributed by atoms with Crippen molar-refractivity contribution in [1.29, 1.82) is 0 Å². The van der Waals surface area contributed by atoms with Crippen LogP contribution < -0.4 is 5.32 Å². The Kier molecular flexibility index (Phi) is 8.13. The summed E-state index contributed by atoms with van der Waals surface area (Å²) in [7, 11) is 1.77. The highest BCUT2D eigenvalue weighted by Crippen LogP contribution is 2.43. The maximum atomic E-state index is 14.0. The van der Waals surface area contributed by atoms with Crippen molar-refractivity contribution in [2.24, 2.45) is 10.9 Å². The highest BCUT2D eigenvalue weighted by atomic mass is 127. The SMILES string of the molecule is CN=C(NC1CC1c1c(F)cccc1F)N1CCC(OCC2CCCC2)CC1.I. The predicted octanol–water partition coefficient (Wildman–Crippen LogP) is 4.69. The minimum absolute atomic E-state index is 0. The summed E-state index contributed by atoms with van der Waals surface area (Å²) < 4.78 is 34.1. The maximum absolute atomic E-state index is 14.0. The van der Waals surface area contributed by atoms with E-state index in [4.69, 9.17) is 4.74 Å². The molecule has 1 N–H and O–H groups in total. The summed E-state index contributed by atoms with van der Waals surface area (Å²) in [6, 6.07) is 4.12. The predicted molar refractivity (Wildman–Crippen MR) is 122 cm³/mol. The fourth-order valence-electron chi connectivity index (χ4n) is 4.69. The number of benzene rings is 1. The summed E-state index contributed by atoms with van der Waals surface area (Å²) in [5.41, 5.74) is 0.203. The molecule has 4 nitrogen and oxygen atoms in total. The van der Waals surface area contributed by atoms with Gasteiger partial charge in [-0.3, -0.25) is 4.99 Å². The molecule has 1 aliphatic heterocycles. The van der Waals surface area contributed by atoms with E-state index in [2.05, 4.69) is 15.2 Å². The standard InChI is InChI=1S/C22H31F2N3O.HI/c1-25-22(26-20-13-17(20)21-18(23)7-4-8-19(21)24)27-11-9-16(10-12-27)28-14-15-5-2-3-6-15;/h4,7-8,15-17,20H,2-3,5-6,9-14H2,1H3,(H,25,26);1H. The molecule has 4 rings (SSSR count). The number of aliphatic imine (C=N–C) groups is 1. The molecule has 0 amide bonds. The quantitative estimate of drug-likeness (QED) is 0.349. The summed E-state index contributed by atoms with van der Waals surface area (Å²) in [4.78, 5) is 6.64. The number of hydrogen-bond acceptors (Lipinski definition) is 2. The molecule has 2 aliphatic carbocycles. The van der Waals surface area contributed by atoms with Crippen molar-refractivity contribution in [2.45, 2.75) is 63.0 Å². The van der Waals surface area contributed by atoms with E-state index < -0.39 is 11.6 Å². The van der Waals surface area contributed by atoms with Gasteiger partial charge < -0.3 is 15.0 Å². The molecule has 29 heavy (non-hydrogen) atoms. The van der Waals surface area contributed by atoms with Crippen LogP contribution in [0.2, 0.25) is 0 Å². The molecule has 1 heterocycles. The van der Waals surface area contributed by atoms with E-state index in [1.807, 2.05) is 0 Å². The van der Waals surface area contributed by atoms with Crippen LogP contribution in [-0.4, -0.2) is 49.7 Å². The van der Waals surface area contributed by atoms with Gasteiger partial charge in [-0.2, -0.15) is 0 Å². The van der Waals surface area contributed by atoms with Crippen molar-refractivity contribution in [3.05, 3.63) is 35.4 Å². The lowest BCUT2D eigenvalue weighted by Crippen LogP contribution is -2.48. The van der Waals surface area contributed by atoms with Gasteiger partial charge in [0, 0.05) is 44.3 Å². The van der Waals surface area contributed by atoms with Gasteiger partial charge in [-0.1, -0.05) is 18.9 Å². The normalized spacial score (nSPS) is 25.8. The Bertz CT molecular complexity index is 683. The van der Waals surface area contributed by atoms with E-state index >= 15 is 0 Å². The maximum Gasteiger partial charge on any atom is 0.193 e. The Morgan fingerprint density at radius 3 is 2.41 bits per heavy atom. The number of piperidine rings is 1. The Balaban J connectivity index is 0.00000240. The van der Waals surface area contributed by atoms with E-state index in [-0.39, 0.29) is 41.5 Å². The number of likely N-dealkylation sites (tertiary alicyclic amines) is 1. The number of halogens is 3. The van der Waals surface area contributed by atoms with Crippen LogP contribution in [0.4, 0.5) is 8.78 Å². The van der Waals surface area contributed by atoms with E-state index in [9.17, 15) is 8.78 Å². The summed E-state index contributed by atoms with van der Waals surface area (Å²) in [6.45, 7) is 2.72. The molecule has 2 unspecified atom stereocenters. The highest BCUT2D eigenvalue weighted by molar-refractivity contribution is 14.0. The minimum Gasteiger partial charge on any atom is -0.378 e. The summed E-state index contributed by atoms with van der Waals surface area (Å²) >= 11 is 0. The van der Waals surface area contributed by atoms with Crippen molar-refractivity contribution in [3.63, 3.8) is 0 Å². The van der Waals surface area contributed by atoms with Gasteiger partial charge in [0.15, 0.2) is 5.96 Å². The van der Waals surface area contributed by atoms with Gasteiger partial charge in [-0.25, -0.2) is 8.78 Å². The molecule has 0 aromatic heterocycles. The Morgan fingerprint density at radius 1 is 1.14 bits per heavy atom. The second-order valence-corrected chi connectivity index (χ2v) is 8.45. The fourth-order valence-corrected chi connectivity index (χ4v) is 4.69. The number of ether oxygens (including phenoxy) is 1. The molecule has 0 radical (unpaired) electrons. The Morgan fingerprint density at radius 2 is 1.79 bits per heavy atom. The van der Waals surface area contributed by atoms with E-state index in [0.717, 1.165) is 50.8 Å². The first-order valence-corrected chi connectivity index (χ1v) is 10.7. The lowest BCUT2D eigenvalue weighted by Gasteiger charge is -2.34. The van der Waals surface area contributed by atoms with Crippen molar-refractivity contribution in [3.8, 4) is 0 Å². The van der Waals surface area contributed by atoms with Gasteiger partial charge in [0.1, 0.15) is 11.6 Å². The lowest BCUT2D eigenvalue weighted by molar-refractivity contribution is 0.00101. The molecule has 1 aromatic rings. The third kappa shape index (κ3) is 5.60. The number of nitrogens with one attached hydrogen (secondary N) is 1. The molecule has 1 saturated heterocycles. The molecule has 0 spiro atoms. The zero-order valence-electron chi connectivity index (χ0n) is 17.1. The number of rotatable bonds is 5. The van der Waals surface area contributed by atoms with Gasteiger partial charge in [-0.05, 0) is 50.2 Å². The first-order chi connectivity index (χ1) is 13.7. The summed E-state index contributed by atoms with van der Waals surface area (Å²) in [5, 5.41) is 3.41. The van der Waals surface area contributed by atoms with Gasteiger partial charge in [-0.15, -0.1) is 24.0 Å². The van der Waals surface area contributed by atoms with Crippen molar-refractivity contribution in [2.75, 3.05) is 26.7 Å². The van der Waals surface area contributed by atoms with Crippen LogP contribution in [0.1, 0.15) is 56.4 Å². The zero-order valence-corrected chi connectivity index (χ0v) is 19.4. The van der Waals surface area contributed by atoms with Gasteiger partial charge in [0.05, 0.1) is 6.10 Å². The first kappa shape index (κ1) is 22.7. The van der Waals surface area contributed by atoms with Crippen LogP contribution in [0.3, 0.4) is 0 Å². The first-order valence-electron chi connectivity index (χ1n) is 10.7. The van der Waals surface area contributed by atoms with Gasteiger partial charge >= 0.3 is 0 Å². The molecular weight excluding hydrogens is 487 g/mol. The van der Waals surface area contributed by atoms with E-state index in [1.54, 1.807) is 7.05 Å². The van der Waals surface area contributed by atoms with E-state index in [1.165, 1.54) is 43.9 Å². The minimum atomic E-state index is -0.454. The molecular formula is C22H32F2IN3O. The van der Waals surface area contributed by atoms with Crippen LogP contribution in [0.25, 0.3) is 0 Å². The average Bonchev–Trinajstić information content (AvgIpc) is 3.23. The van der Waals surface area contributed by atoms with Crippen LogP contribution in [0, 0.1) is 17.6 Å². The summed E-state index contributed by atoms with van der Waals surface area (Å²) in [6.07, 6.45) is 8.43. The fraction of sp³-hybridized carbons (Fsp3) is 0.682. The third-order valence-electron chi connectivity index (χ3n) is 6.47.